The molecule has 1 radical (unpaired) electrons. The van der Waals surface area contributed by atoms with Crippen molar-refractivity contribution in [1.82, 2.24) is 0 Å². The summed E-state index contributed by atoms with van der Waals surface area (Å²) in [5, 5.41) is 1.31. The Morgan fingerprint density at radius 2 is 1.73 bits per heavy atom. The second-order valence-corrected chi connectivity index (χ2v) is 6.52. The van der Waals surface area contributed by atoms with E-state index in [0.717, 1.165) is 0 Å². The highest BCUT2D eigenvalue weighted by Gasteiger charge is 2.14. The van der Waals surface area contributed by atoms with Crippen LogP contribution in [0.15, 0.2) is 30.3 Å². The molecule has 0 spiro atoms. The zero-order chi connectivity index (χ0) is 8.27. The van der Waals surface area contributed by atoms with Gasteiger partial charge < -0.3 is 0 Å². The summed E-state index contributed by atoms with van der Waals surface area (Å²) < 4.78 is 0. The van der Waals surface area contributed by atoms with Gasteiger partial charge in [-0.2, -0.15) is 11.1 Å². The van der Waals surface area contributed by atoms with E-state index in [2.05, 4.69) is 26.0 Å². The molecule has 0 nitrogen and oxygen atoms in total. The molecule has 1 rings (SSSR count). The van der Waals surface area contributed by atoms with Crippen LogP contribution in [-0.4, -0.2) is 8.11 Å². The van der Waals surface area contributed by atoms with Gasteiger partial charge in [-0.15, -0.1) is 0 Å². The molecular formula is C9H12ClSi. The fourth-order valence-corrected chi connectivity index (χ4v) is 2.49. The molecule has 0 atom stereocenters. The molecule has 0 fully saturated rings. The van der Waals surface area contributed by atoms with Crippen LogP contribution in [0.3, 0.4) is 0 Å². The molecule has 11 heavy (non-hydrogen) atoms. The van der Waals surface area contributed by atoms with Crippen molar-refractivity contribution in [3.63, 3.8) is 0 Å². The molecular weight excluding hydrogens is 172 g/mol. The topological polar surface area (TPSA) is 0 Å². The van der Waals surface area contributed by atoms with Crippen molar-refractivity contribution in [3.05, 3.63) is 30.3 Å². The molecule has 2 heteroatoms. The molecule has 1 aromatic carbocycles. The van der Waals surface area contributed by atoms with Crippen LogP contribution >= 0.6 is 11.1 Å². The van der Waals surface area contributed by atoms with E-state index < -0.39 is 8.11 Å². The Morgan fingerprint density at radius 3 is 2.18 bits per heavy atom. The number of rotatable bonds is 2. The molecule has 0 heterocycles. The quantitative estimate of drug-likeness (QED) is 0.489. The van der Waals surface area contributed by atoms with Gasteiger partial charge in [0.05, 0.1) is 0 Å². The first-order valence-electron chi connectivity index (χ1n) is 3.79. The summed E-state index contributed by atoms with van der Waals surface area (Å²) in [6.45, 7) is 4.35. The molecule has 0 saturated carbocycles. The van der Waals surface area contributed by atoms with Gasteiger partial charge in [-0.25, -0.2) is 0 Å². The summed E-state index contributed by atoms with van der Waals surface area (Å²) in [4.78, 5) is 0. The predicted molar refractivity (Wildman–Crippen MR) is 52.8 cm³/mol. The number of hydrogen-bond donors (Lipinski definition) is 0. The summed E-state index contributed by atoms with van der Waals surface area (Å²) in [5.41, 5.74) is 0.601. The Bertz CT molecular complexity index is 208. The number of halogens is 1. The third kappa shape index (κ3) is 2.35. The van der Waals surface area contributed by atoms with Gasteiger partial charge in [0.1, 0.15) is 0 Å². The van der Waals surface area contributed by atoms with E-state index in [0.29, 0.717) is 5.54 Å². The fraction of sp³-hybridized carbons (Fsp3) is 0.333. The van der Waals surface area contributed by atoms with Crippen LogP contribution in [0.5, 0.6) is 0 Å². The molecule has 0 aromatic heterocycles. The average molecular weight is 184 g/mol. The second kappa shape index (κ2) is 3.93. The maximum Gasteiger partial charge on any atom is 0.202 e. The minimum absolute atomic E-state index is 0.601. The van der Waals surface area contributed by atoms with Gasteiger partial charge in [0, 0.05) is 0 Å². The lowest BCUT2D eigenvalue weighted by molar-refractivity contribution is 1.06. The highest BCUT2D eigenvalue weighted by molar-refractivity contribution is 7.15. The van der Waals surface area contributed by atoms with E-state index in [1.807, 2.05) is 18.2 Å². The molecule has 0 bridgehead atoms. The summed E-state index contributed by atoms with van der Waals surface area (Å²) in [5.74, 6) is 0. The van der Waals surface area contributed by atoms with Gasteiger partial charge in [0.15, 0.2) is 0 Å². The monoisotopic (exact) mass is 183 g/mol. The maximum atomic E-state index is 6.24. The van der Waals surface area contributed by atoms with E-state index >= 15 is 0 Å². The van der Waals surface area contributed by atoms with Crippen molar-refractivity contribution in [2.45, 2.75) is 19.4 Å². The van der Waals surface area contributed by atoms with Crippen molar-refractivity contribution in [2.75, 3.05) is 0 Å². The van der Waals surface area contributed by atoms with Crippen LogP contribution in [0.25, 0.3) is 0 Å². The van der Waals surface area contributed by atoms with E-state index in [1.165, 1.54) is 5.19 Å². The maximum absolute atomic E-state index is 6.24. The lowest BCUT2D eigenvalue weighted by Gasteiger charge is -2.09. The first kappa shape index (κ1) is 8.82. The van der Waals surface area contributed by atoms with Crippen LogP contribution in [0.1, 0.15) is 13.8 Å². The Kier molecular flexibility index (Phi) is 3.15. The van der Waals surface area contributed by atoms with Crippen molar-refractivity contribution in [2.24, 2.45) is 0 Å². The normalized spacial score (nSPS) is 11.0. The van der Waals surface area contributed by atoms with Crippen molar-refractivity contribution in [3.8, 4) is 0 Å². The Hall–Kier alpha value is -0.273. The first-order chi connectivity index (χ1) is 5.22. The Balaban J connectivity index is 2.77. The van der Waals surface area contributed by atoms with E-state index in [9.17, 15) is 0 Å². The molecule has 1 aromatic rings. The van der Waals surface area contributed by atoms with Crippen LogP contribution in [0.2, 0.25) is 5.54 Å². The highest BCUT2D eigenvalue weighted by Crippen LogP contribution is 2.10. The molecule has 0 aliphatic rings. The smallest absolute Gasteiger partial charge is 0.162 e. The molecule has 0 aliphatic heterocycles. The molecule has 0 amide bonds. The first-order valence-corrected chi connectivity index (χ1v) is 6.38. The standard InChI is InChI=1S/C9H12ClSi/c1-8(2)11(10)9-6-4-3-5-7-9/h3-8H,1-2H3. The van der Waals surface area contributed by atoms with Crippen LogP contribution in [0, 0.1) is 0 Å². The number of hydrogen-bond acceptors (Lipinski definition) is 0. The molecule has 0 saturated heterocycles. The van der Waals surface area contributed by atoms with E-state index in [-0.39, 0.29) is 0 Å². The third-order valence-corrected chi connectivity index (χ3v) is 5.42. The van der Waals surface area contributed by atoms with Crippen molar-refractivity contribution in [1.29, 1.82) is 0 Å². The largest absolute Gasteiger partial charge is 0.202 e. The van der Waals surface area contributed by atoms with Gasteiger partial charge in [0.25, 0.3) is 0 Å². The van der Waals surface area contributed by atoms with Gasteiger partial charge in [-0.1, -0.05) is 44.2 Å². The summed E-state index contributed by atoms with van der Waals surface area (Å²) in [6, 6.07) is 10.3. The van der Waals surface area contributed by atoms with Gasteiger partial charge in [0.2, 0.25) is 8.11 Å². The Morgan fingerprint density at radius 1 is 1.18 bits per heavy atom. The summed E-state index contributed by atoms with van der Waals surface area (Å²) in [7, 11) is -0.812. The highest BCUT2D eigenvalue weighted by atomic mass is 35.6. The zero-order valence-corrected chi connectivity index (χ0v) is 8.60. The van der Waals surface area contributed by atoms with Gasteiger partial charge in [-0.05, 0) is 10.7 Å². The molecule has 0 N–H and O–H groups in total. The molecule has 0 unspecified atom stereocenters. The molecule has 0 aliphatic carbocycles. The lowest BCUT2D eigenvalue weighted by Crippen LogP contribution is -2.26. The second-order valence-electron chi connectivity index (χ2n) is 2.87. The van der Waals surface area contributed by atoms with Gasteiger partial charge >= 0.3 is 0 Å². The fourth-order valence-electron chi connectivity index (χ4n) is 0.931. The summed E-state index contributed by atoms with van der Waals surface area (Å²) >= 11 is 6.24. The van der Waals surface area contributed by atoms with Crippen LogP contribution in [0.4, 0.5) is 0 Å². The van der Waals surface area contributed by atoms with Crippen molar-refractivity contribution >= 4 is 24.4 Å². The van der Waals surface area contributed by atoms with Gasteiger partial charge in [-0.3, -0.25) is 0 Å². The molecule has 59 valence electrons. The number of benzene rings is 1. The van der Waals surface area contributed by atoms with E-state index in [1.54, 1.807) is 0 Å². The van der Waals surface area contributed by atoms with Crippen LogP contribution in [-0.2, 0) is 0 Å². The Labute approximate surface area is 74.5 Å². The summed E-state index contributed by atoms with van der Waals surface area (Å²) in [6.07, 6.45) is 0. The minimum Gasteiger partial charge on any atom is -0.162 e. The lowest BCUT2D eigenvalue weighted by atomic mass is 10.4. The SMILES string of the molecule is CC(C)[Si](Cl)c1ccccc1. The predicted octanol–water partition coefficient (Wildman–Crippen LogP) is 2.53. The zero-order valence-electron chi connectivity index (χ0n) is 6.84. The average Bonchev–Trinajstić information content (AvgIpc) is 2.05. The van der Waals surface area contributed by atoms with Crippen LogP contribution < -0.4 is 5.19 Å². The van der Waals surface area contributed by atoms with E-state index in [4.69, 9.17) is 11.1 Å². The van der Waals surface area contributed by atoms with Crippen molar-refractivity contribution < 1.29 is 0 Å². The minimum atomic E-state index is -0.812. The third-order valence-electron chi connectivity index (χ3n) is 1.56.